The topological polar surface area (TPSA) is 45.7 Å². The van der Waals surface area contributed by atoms with Gasteiger partial charge < -0.3 is 15.4 Å². The molecule has 0 atom stereocenters. The molecule has 4 nitrogen and oxygen atoms in total. The molecule has 1 rings (SSSR count). The van der Waals surface area contributed by atoms with E-state index in [1.165, 1.54) is 5.56 Å². The SMILES string of the molecule is CCNC(=NC)NCCc1ccc(OC)cc1.I. The first-order chi connectivity index (χ1) is 8.30. The predicted octanol–water partition coefficient (Wildman–Crippen LogP) is 2.04. The van der Waals surface area contributed by atoms with Gasteiger partial charge in [-0.1, -0.05) is 12.1 Å². The lowest BCUT2D eigenvalue weighted by Crippen LogP contribution is -2.38. The third kappa shape index (κ3) is 6.09. The Labute approximate surface area is 126 Å². The number of hydrogen-bond donors (Lipinski definition) is 2. The van der Waals surface area contributed by atoms with Crippen molar-refractivity contribution in [3.05, 3.63) is 29.8 Å². The van der Waals surface area contributed by atoms with Gasteiger partial charge in [0.25, 0.3) is 0 Å². The standard InChI is InChI=1S/C13H21N3O.HI/c1-4-15-13(14-2)16-10-9-11-5-7-12(17-3)8-6-11;/h5-8H,4,9-10H2,1-3H3,(H2,14,15,16);1H. The van der Waals surface area contributed by atoms with E-state index >= 15 is 0 Å². The van der Waals surface area contributed by atoms with E-state index in [4.69, 9.17) is 4.74 Å². The smallest absolute Gasteiger partial charge is 0.190 e. The lowest BCUT2D eigenvalue weighted by molar-refractivity contribution is 0.414. The quantitative estimate of drug-likeness (QED) is 0.478. The summed E-state index contributed by atoms with van der Waals surface area (Å²) in [5.41, 5.74) is 1.28. The maximum Gasteiger partial charge on any atom is 0.190 e. The van der Waals surface area contributed by atoms with E-state index in [2.05, 4.69) is 34.7 Å². The van der Waals surface area contributed by atoms with E-state index in [1.54, 1.807) is 14.2 Å². The van der Waals surface area contributed by atoms with Gasteiger partial charge >= 0.3 is 0 Å². The highest BCUT2D eigenvalue weighted by atomic mass is 127. The van der Waals surface area contributed by atoms with Crippen LogP contribution in [0.15, 0.2) is 29.3 Å². The summed E-state index contributed by atoms with van der Waals surface area (Å²) in [6.45, 7) is 3.80. The van der Waals surface area contributed by atoms with Gasteiger partial charge in [0, 0.05) is 20.1 Å². The van der Waals surface area contributed by atoms with E-state index in [9.17, 15) is 0 Å². The molecule has 1 aromatic rings. The molecule has 18 heavy (non-hydrogen) atoms. The van der Waals surface area contributed by atoms with Crippen molar-refractivity contribution in [2.24, 2.45) is 4.99 Å². The predicted molar refractivity (Wildman–Crippen MR) is 87.2 cm³/mol. The second-order valence-electron chi connectivity index (χ2n) is 3.63. The van der Waals surface area contributed by atoms with Crippen LogP contribution in [0.3, 0.4) is 0 Å². The summed E-state index contributed by atoms with van der Waals surface area (Å²) < 4.78 is 5.12. The van der Waals surface area contributed by atoms with Gasteiger partial charge in [-0.25, -0.2) is 0 Å². The summed E-state index contributed by atoms with van der Waals surface area (Å²) in [6.07, 6.45) is 0.967. The summed E-state index contributed by atoms with van der Waals surface area (Å²) in [5, 5.41) is 6.41. The molecule has 0 heterocycles. The van der Waals surface area contributed by atoms with Gasteiger partial charge in [0.05, 0.1) is 7.11 Å². The fraction of sp³-hybridized carbons (Fsp3) is 0.462. The van der Waals surface area contributed by atoms with Crippen LogP contribution in [-0.4, -0.2) is 33.2 Å². The first-order valence-corrected chi connectivity index (χ1v) is 5.87. The van der Waals surface area contributed by atoms with Gasteiger partial charge in [-0.05, 0) is 31.0 Å². The lowest BCUT2D eigenvalue weighted by Gasteiger charge is -2.10. The highest BCUT2D eigenvalue weighted by Gasteiger charge is 1.97. The Kier molecular flexibility index (Phi) is 9.45. The molecule has 0 spiro atoms. The van der Waals surface area contributed by atoms with E-state index in [1.807, 2.05) is 12.1 Å². The second-order valence-corrected chi connectivity index (χ2v) is 3.63. The summed E-state index contributed by atoms with van der Waals surface area (Å²) in [7, 11) is 3.45. The Balaban J connectivity index is 0.00000289. The Hall–Kier alpha value is -0.980. The Bertz CT molecular complexity index is 352. The summed E-state index contributed by atoms with van der Waals surface area (Å²) in [5.74, 6) is 1.74. The molecule has 0 bridgehead atoms. The van der Waals surface area contributed by atoms with Gasteiger partial charge in [0.2, 0.25) is 0 Å². The van der Waals surface area contributed by atoms with Crippen LogP contribution in [0.2, 0.25) is 0 Å². The summed E-state index contributed by atoms with van der Waals surface area (Å²) >= 11 is 0. The van der Waals surface area contributed by atoms with Crippen molar-refractivity contribution in [2.75, 3.05) is 27.2 Å². The Morgan fingerprint density at radius 3 is 2.39 bits per heavy atom. The van der Waals surface area contributed by atoms with Crippen molar-refractivity contribution >= 4 is 29.9 Å². The maximum atomic E-state index is 5.12. The van der Waals surface area contributed by atoms with E-state index in [0.717, 1.165) is 31.2 Å². The minimum Gasteiger partial charge on any atom is -0.497 e. The number of benzene rings is 1. The van der Waals surface area contributed by atoms with Gasteiger partial charge in [-0.2, -0.15) is 0 Å². The Morgan fingerprint density at radius 2 is 1.89 bits per heavy atom. The molecule has 0 fully saturated rings. The van der Waals surface area contributed by atoms with Gasteiger partial charge in [0.1, 0.15) is 5.75 Å². The zero-order valence-electron chi connectivity index (χ0n) is 11.2. The number of nitrogens with one attached hydrogen (secondary N) is 2. The third-order valence-corrected chi connectivity index (χ3v) is 2.43. The molecule has 0 unspecified atom stereocenters. The lowest BCUT2D eigenvalue weighted by atomic mass is 10.1. The van der Waals surface area contributed by atoms with Crippen LogP contribution >= 0.6 is 24.0 Å². The number of rotatable bonds is 5. The molecule has 0 saturated carbocycles. The first-order valence-electron chi connectivity index (χ1n) is 5.87. The molecular weight excluding hydrogens is 341 g/mol. The molecule has 5 heteroatoms. The summed E-state index contributed by atoms with van der Waals surface area (Å²) in [6, 6.07) is 8.12. The van der Waals surface area contributed by atoms with Crippen molar-refractivity contribution in [3.8, 4) is 5.75 Å². The first kappa shape index (κ1) is 17.0. The van der Waals surface area contributed by atoms with Crippen molar-refractivity contribution in [2.45, 2.75) is 13.3 Å². The van der Waals surface area contributed by atoms with Crippen LogP contribution in [-0.2, 0) is 6.42 Å². The fourth-order valence-electron chi connectivity index (χ4n) is 1.51. The number of aliphatic imine (C=N–C) groups is 1. The number of hydrogen-bond acceptors (Lipinski definition) is 2. The molecule has 0 radical (unpaired) electrons. The molecule has 1 aromatic carbocycles. The minimum atomic E-state index is 0. The van der Waals surface area contributed by atoms with Crippen molar-refractivity contribution < 1.29 is 4.74 Å². The van der Waals surface area contributed by atoms with Crippen LogP contribution in [0.1, 0.15) is 12.5 Å². The van der Waals surface area contributed by atoms with E-state index in [-0.39, 0.29) is 24.0 Å². The molecule has 0 amide bonds. The van der Waals surface area contributed by atoms with Crippen LogP contribution in [0.4, 0.5) is 0 Å². The summed E-state index contributed by atoms with van der Waals surface area (Å²) in [4.78, 5) is 4.11. The van der Waals surface area contributed by atoms with Crippen LogP contribution in [0.5, 0.6) is 5.75 Å². The van der Waals surface area contributed by atoms with Crippen LogP contribution in [0.25, 0.3) is 0 Å². The highest BCUT2D eigenvalue weighted by molar-refractivity contribution is 14.0. The average Bonchev–Trinajstić information content (AvgIpc) is 2.38. The van der Waals surface area contributed by atoms with Gasteiger partial charge in [0.15, 0.2) is 5.96 Å². The number of guanidine groups is 1. The number of halogens is 1. The largest absolute Gasteiger partial charge is 0.497 e. The normalized spacial score (nSPS) is 10.5. The molecular formula is C13H22IN3O. The number of ether oxygens (including phenoxy) is 1. The molecule has 0 aliphatic carbocycles. The maximum absolute atomic E-state index is 5.12. The highest BCUT2D eigenvalue weighted by Crippen LogP contribution is 2.11. The minimum absolute atomic E-state index is 0. The number of nitrogens with zero attached hydrogens (tertiary/aromatic N) is 1. The molecule has 0 aromatic heterocycles. The molecule has 2 N–H and O–H groups in total. The van der Waals surface area contributed by atoms with Gasteiger partial charge in [-0.3, -0.25) is 4.99 Å². The zero-order valence-corrected chi connectivity index (χ0v) is 13.5. The molecule has 0 aliphatic rings. The zero-order chi connectivity index (χ0) is 12.5. The second kappa shape index (κ2) is 9.99. The average molecular weight is 363 g/mol. The monoisotopic (exact) mass is 363 g/mol. The molecule has 102 valence electrons. The third-order valence-electron chi connectivity index (χ3n) is 2.43. The van der Waals surface area contributed by atoms with Crippen LogP contribution < -0.4 is 15.4 Å². The Morgan fingerprint density at radius 1 is 1.22 bits per heavy atom. The van der Waals surface area contributed by atoms with Crippen molar-refractivity contribution in [3.63, 3.8) is 0 Å². The molecule has 0 aliphatic heterocycles. The van der Waals surface area contributed by atoms with E-state index < -0.39 is 0 Å². The van der Waals surface area contributed by atoms with Crippen LogP contribution in [0, 0.1) is 0 Å². The molecule has 0 saturated heterocycles. The fourth-order valence-corrected chi connectivity index (χ4v) is 1.51. The number of methoxy groups -OCH3 is 1. The van der Waals surface area contributed by atoms with Crippen molar-refractivity contribution in [1.82, 2.24) is 10.6 Å². The van der Waals surface area contributed by atoms with Crippen molar-refractivity contribution in [1.29, 1.82) is 0 Å². The van der Waals surface area contributed by atoms with E-state index in [0.29, 0.717) is 0 Å². The van der Waals surface area contributed by atoms with Gasteiger partial charge in [-0.15, -0.1) is 24.0 Å².